The van der Waals surface area contributed by atoms with Crippen LogP contribution in [-0.2, 0) is 24.4 Å². The summed E-state index contributed by atoms with van der Waals surface area (Å²) in [4.78, 5) is 42.1. The monoisotopic (exact) mass is 450 g/mol. The van der Waals surface area contributed by atoms with E-state index >= 15 is 0 Å². The van der Waals surface area contributed by atoms with Crippen molar-refractivity contribution in [3.8, 4) is 0 Å². The maximum Gasteiger partial charge on any atom is 0.243 e. The lowest BCUT2D eigenvalue weighted by Gasteiger charge is -2.35. The van der Waals surface area contributed by atoms with Crippen LogP contribution >= 0.6 is 0 Å². The first-order valence-electron chi connectivity index (χ1n) is 10.6. The first-order chi connectivity index (χ1) is 14.7. The molecule has 1 atom stereocenters. The Morgan fingerprint density at radius 3 is 2.06 bits per heavy atom. The molecule has 0 radical (unpaired) electrons. The number of hydrogen-bond acceptors (Lipinski definition) is 5. The maximum absolute atomic E-state index is 12.9. The molecular weight excluding hydrogens is 420 g/mol. The van der Waals surface area contributed by atoms with Crippen LogP contribution in [0.3, 0.4) is 0 Å². The summed E-state index contributed by atoms with van der Waals surface area (Å²) in [6.45, 7) is 8.09. The molecule has 0 saturated carbocycles. The molecule has 2 aliphatic rings. The number of piperazine rings is 1. The minimum Gasteiger partial charge on any atom is -0.339 e. The molecule has 0 aliphatic carbocycles. The molecule has 1 unspecified atom stereocenters. The van der Waals surface area contributed by atoms with E-state index in [0.29, 0.717) is 45.0 Å². The maximum atomic E-state index is 12.9. The van der Waals surface area contributed by atoms with Crippen LogP contribution in [-0.4, -0.2) is 86.1 Å². The zero-order chi connectivity index (χ0) is 22.8. The van der Waals surface area contributed by atoms with Gasteiger partial charge in [-0.25, -0.2) is 8.42 Å². The lowest BCUT2D eigenvalue weighted by Crippen LogP contribution is -2.51. The Bertz CT molecular complexity index is 935. The first kappa shape index (κ1) is 23.2. The first-order valence-corrected chi connectivity index (χ1v) is 12.1. The number of hydrogen-bond donors (Lipinski definition) is 0. The number of sulfonamides is 1. The summed E-state index contributed by atoms with van der Waals surface area (Å²) in [6.07, 6.45) is 0.130. The van der Waals surface area contributed by atoms with E-state index in [9.17, 15) is 22.8 Å². The van der Waals surface area contributed by atoms with Crippen LogP contribution in [0.2, 0.25) is 0 Å². The lowest BCUT2D eigenvalue weighted by atomic mass is 10.1. The van der Waals surface area contributed by atoms with E-state index in [1.165, 1.54) is 23.4 Å². The molecule has 0 bridgehead atoms. The number of nitrogens with zero attached hydrogens (tertiary/aromatic N) is 4. The van der Waals surface area contributed by atoms with Gasteiger partial charge >= 0.3 is 0 Å². The number of carbonyl (C=O) groups excluding carboxylic acids is 3. The van der Waals surface area contributed by atoms with Crippen LogP contribution in [0.5, 0.6) is 0 Å². The second-order valence-corrected chi connectivity index (χ2v) is 9.76. The van der Waals surface area contributed by atoms with Crippen LogP contribution in [0.25, 0.3) is 0 Å². The fraction of sp³-hybridized carbons (Fsp3) is 0.571. The number of carbonyl (C=O) groups is 3. The normalized spacial score (nSPS) is 19.9. The molecule has 3 amide bonds. The molecule has 0 spiro atoms. The van der Waals surface area contributed by atoms with E-state index in [4.69, 9.17) is 0 Å². The van der Waals surface area contributed by atoms with E-state index in [1.807, 2.05) is 0 Å². The number of anilines is 1. The molecule has 170 valence electrons. The fourth-order valence-electron chi connectivity index (χ4n) is 4.13. The third-order valence-corrected chi connectivity index (χ3v) is 8.07. The molecule has 2 fully saturated rings. The van der Waals surface area contributed by atoms with Gasteiger partial charge < -0.3 is 14.7 Å². The second kappa shape index (κ2) is 9.35. The molecule has 0 aromatic heterocycles. The third-order valence-electron chi connectivity index (χ3n) is 6.00. The van der Waals surface area contributed by atoms with Gasteiger partial charge in [-0.2, -0.15) is 4.31 Å². The van der Waals surface area contributed by atoms with Crippen molar-refractivity contribution in [2.75, 3.05) is 50.7 Å². The van der Waals surface area contributed by atoms with Gasteiger partial charge in [0.1, 0.15) is 0 Å². The highest BCUT2D eigenvalue weighted by molar-refractivity contribution is 7.89. The molecule has 1 aromatic rings. The summed E-state index contributed by atoms with van der Waals surface area (Å²) in [5.41, 5.74) is 0.584. The number of benzene rings is 1. The van der Waals surface area contributed by atoms with Gasteiger partial charge in [0, 0.05) is 64.8 Å². The van der Waals surface area contributed by atoms with Crippen molar-refractivity contribution < 1.29 is 22.8 Å². The second-order valence-electron chi connectivity index (χ2n) is 7.82. The standard InChI is InChI=1S/C21H30N4O5S/c1-4-24(5-2)31(29,30)19-8-6-18(7-9-19)25-15-17(14-20(25)27)21(28)23-12-10-22(11-13-23)16(3)26/h6-9,17H,4-5,10-15H2,1-3H3. The Kier molecular flexibility index (Phi) is 7.00. The number of amides is 3. The SMILES string of the molecule is CCN(CC)S(=O)(=O)c1ccc(N2CC(C(=O)N3CCN(C(C)=O)CC3)CC2=O)cc1. The van der Waals surface area contributed by atoms with Crippen molar-refractivity contribution in [2.45, 2.75) is 32.1 Å². The molecule has 9 nitrogen and oxygen atoms in total. The minimum absolute atomic E-state index is 0.000716. The van der Waals surface area contributed by atoms with Crippen LogP contribution in [0.15, 0.2) is 29.2 Å². The zero-order valence-electron chi connectivity index (χ0n) is 18.3. The predicted octanol–water partition coefficient (Wildman–Crippen LogP) is 0.761. The summed E-state index contributed by atoms with van der Waals surface area (Å²) in [5.74, 6) is -0.656. The van der Waals surface area contributed by atoms with Crippen molar-refractivity contribution in [3.05, 3.63) is 24.3 Å². The summed E-state index contributed by atoms with van der Waals surface area (Å²) in [5, 5.41) is 0. The fourth-order valence-corrected chi connectivity index (χ4v) is 5.59. The van der Waals surface area contributed by atoms with E-state index < -0.39 is 15.9 Å². The average molecular weight is 451 g/mol. The Balaban J connectivity index is 1.66. The van der Waals surface area contributed by atoms with Gasteiger partial charge in [0.15, 0.2) is 0 Å². The van der Waals surface area contributed by atoms with Gasteiger partial charge in [0.05, 0.1) is 10.8 Å². The molecule has 0 N–H and O–H groups in total. The Hall–Kier alpha value is -2.46. The Labute approximate surface area is 183 Å². The molecule has 3 rings (SSSR count). The van der Waals surface area contributed by atoms with Gasteiger partial charge in [-0.15, -0.1) is 0 Å². The zero-order valence-corrected chi connectivity index (χ0v) is 19.1. The van der Waals surface area contributed by atoms with E-state index in [-0.39, 0.29) is 35.6 Å². The van der Waals surface area contributed by atoms with Crippen molar-refractivity contribution in [1.82, 2.24) is 14.1 Å². The van der Waals surface area contributed by atoms with Crippen LogP contribution in [0, 0.1) is 5.92 Å². The van der Waals surface area contributed by atoms with Gasteiger partial charge in [-0.1, -0.05) is 13.8 Å². The van der Waals surface area contributed by atoms with Crippen molar-refractivity contribution in [3.63, 3.8) is 0 Å². The van der Waals surface area contributed by atoms with Crippen LogP contribution in [0.1, 0.15) is 27.2 Å². The third kappa shape index (κ3) is 4.74. The minimum atomic E-state index is -3.56. The van der Waals surface area contributed by atoms with Crippen LogP contribution < -0.4 is 4.90 Å². The van der Waals surface area contributed by atoms with Crippen LogP contribution in [0.4, 0.5) is 5.69 Å². The van der Waals surface area contributed by atoms with Crippen molar-refractivity contribution >= 4 is 33.4 Å². The Morgan fingerprint density at radius 1 is 1.00 bits per heavy atom. The molecular formula is C21H30N4O5S. The Morgan fingerprint density at radius 2 is 1.55 bits per heavy atom. The average Bonchev–Trinajstić information content (AvgIpc) is 3.15. The summed E-state index contributed by atoms with van der Waals surface area (Å²) in [7, 11) is -3.56. The van der Waals surface area contributed by atoms with E-state index in [1.54, 1.807) is 40.7 Å². The molecule has 31 heavy (non-hydrogen) atoms. The van der Waals surface area contributed by atoms with Gasteiger partial charge in [-0.3, -0.25) is 14.4 Å². The van der Waals surface area contributed by atoms with Crippen molar-refractivity contribution in [2.24, 2.45) is 5.92 Å². The van der Waals surface area contributed by atoms with Gasteiger partial charge in [0.25, 0.3) is 0 Å². The topological polar surface area (TPSA) is 98.3 Å². The van der Waals surface area contributed by atoms with E-state index in [2.05, 4.69) is 0 Å². The van der Waals surface area contributed by atoms with Crippen molar-refractivity contribution in [1.29, 1.82) is 0 Å². The lowest BCUT2D eigenvalue weighted by molar-refractivity contribution is -0.141. The number of rotatable bonds is 6. The summed E-state index contributed by atoms with van der Waals surface area (Å²) >= 11 is 0. The molecule has 2 aliphatic heterocycles. The largest absolute Gasteiger partial charge is 0.339 e. The molecule has 1 aromatic carbocycles. The summed E-state index contributed by atoms with van der Waals surface area (Å²) < 4.78 is 26.7. The smallest absolute Gasteiger partial charge is 0.243 e. The summed E-state index contributed by atoms with van der Waals surface area (Å²) in [6, 6.07) is 6.25. The van der Waals surface area contributed by atoms with Gasteiger partial charge in [-0.05, 0) is 24.3 Å². The molecule has 10 heteroatoms. The highest BCUT2D eigenvalue weighted by Gasteiger charge is 2.38. The quantitative estimate of drug-likeness (QED) is 0.637. The molecule has 2 heterocycles. The highest BCUT2D eigenvalue weighted by atomic mass is 32.2. The molecule has 2 saturated heterocycles. The van der Waals surface area contributed by atoms with E-state index in [0.717, 1.165) is 0 Å². The predicted molar refractivity (Wildman–Crippen MR) is 116 cm³/mol. The highest BCUT2D eigenvalue weighted by Crippen LogP contribution is 2.28. The van der Waals surface area contributed by atoms with Gasteiger partial charge in [0.2, 0.25) is 27.7 Å².